The summed E-state index contributed by atoms with van der Waals surface area (Å²) in [5, 5.41) is 2.57. The molecule has 0 unspecified atom stereocenters. The van der Waals surface area contributed by atoms with Crippen molar-refractivity contribution in [2.45, 2.75) is 24.3 Å². The van der Waals surface area contributed by atoms with E-state index in [9.17, 15) is 26.8 Å². The lowest BCUT2D eigenvalue weighted by atomic mass is 10.1. The second kappa shape index (κ2) is 6.80. The first-order valence-corrected chi connectivity index (χ1v) is 9.78. The summed E-state index contributed by atoms with van der Waals surface area (Å²) in [6.07, 6.45) is 0. The molecular weight excluding hydrogens is 382 g/mol. The lowest BCUT2D eigenvalue weighted by Gasteiger charge is -2.35. The van der Waals surface area contributed by atoms with Crippen LogP contribution in [0.15, 0.2) is 23.1 Å². The second-order valence-corrected chi connectivity index (χ2v) is 8.88. The molecule has 1 aromatic rings. The number of hydrogen-bond donors (Lipinski definition) is 1. The van der Waals surface area contributed by atoms with Crippen LogP contribution in [0, 0.1) is 11.6 Å². The number of piperazine rings is 1. The molecule has 0 bridgehead atoms. The van der Waals surface area contributed by atoms with Crippen LogP contribution >= 0.6 is 0 Å². The molecular formula is C16H20F2N4O4S. The van der Waals surface area contributed by atoms with E-state index in [0.29, 0.717) is 0 Å². The van der Waals surface area contributed by atoms with Crippen molar-refractivity contribution in [2.24, 2.45) is 0 Å². The summed E-state index contributed by atoms with van der Waals surface area (Å²) in [5.41, 5.74) is -0.982. The van der Waals surface area contributed by atoms with Crippen molar-refractivity contribution >= 4 is 22.0 Å². The van der Waals surface area contributed by atoms with Gasteiger partial charge in [0.05, 0.1) is 6.67 Å². The van der Waals surface area contributed by atoms with E-state index >= 15 is 0 Å². The van der Waals surface area contributed by atoms with E-state index in [1.807, 2.05) is 0 Å². The van der Waals surface area contributed by atoms with E-state index in [4.69, 9.17) is 0 Å². The molecule has 148 valence electrons. The smallest absolute Gasteiger partial charge is 0.324 e. The maximum atomic E-state index is 13.9. The molecule has 1 aromatic carbocycles. The minimum absolute atomic E-state index is 0.0108. The Morgan fingerprint density at radius 3 is 2.11 bits per heavy atom. The molecule has 0 radical (unpaired) electrons. The van der Waals surface area contributed by atoms with E-state index in [1.54, 1.807) is 18.7 Å². The van der Waals surface area contributed by atoms with Gasteiger partial charge in [0.1, 0.15) is 17.2 Å². The number of halogens is 2. The van der Waals surface area contributed by atoms with E-state index in [2.05, 4.69) is 5.32 Å². The first-order chi connectivity index (χ1) is 12.5. The summed E-state index contributed by atoms with van der Waals surface area (Å²) in [5.74, 6) is -2.64. The molecule has 0 spiro atoms. The van der Waals surface area contributed by atoms with Crippen molar-refractivity contribution in [3.05, 3.63) is 29.8 Å². The van der Waals surface area contributed by atoms with Crippen LogP contribution in [-0.2, 0) is 14.8 Å². The maximum Gasteiger partial charge on any atom is 0.326 e. The van der Waals surface area contributed by atoms with Gasteiger partial charge in [0.25, 0.3) is 5.91 Å². The highest BCUT2D eigenvalue weighted by Crippen LogP contribution is 2.24. The van der Waals surface area contributed by atoms with Gasteiger partial charge >= 0.3 is 6.03 Å². The molecule has 27 heavy (non-hydrogen) atoms. The Bertz CT molecular complexity index is 862. The summed E-state index contributed by atoms with van der Waals surface area (Å²) in [7, 11) is -4.32. The molecule has 2 fully saturated rings. The topological polar surface area (TPSA) is 90.0 Å². The Kier molecular flexibility index (Phi) is 4.95. The van der Waals surface area contributed by atoms with Gasteiger partial charge in [-0.2, -0.15) is 4.31 Å². The maximum absolute atomic E-state index is 13.9. The fourth-order valence-corrected chi connectivity index (χ4v) is 4.65. The standard InChI is InChI=1S/C16H20F2N4O4S/c1-16(2)14(23)22(15(24)19-16)10-20-6-8-21(9-7-20)27(25,26)13-11(17)4-3-5-12(13)18/h3-5H,6-10H2,1-2H3,(H,19,24). The van der Waals surface area contributed by atoms with Crippen molar-refractivity contribution in [1.82, 2.24) is 19.4 Å². The SMILES string of the molecule is CC1(C)NC(=O)N(CN2CCN(S(=O)(=O)c3c(F)cccc3F)CC2)C1=O. The van der Waals surface area contributed by atoms with Gasteiger partial charge in [-0.25, -0.2) is 26.9 Å². The van der Waals surface area contributed by atoms with Crippen molar-refractivity contribution < 1.29 is 26.8 Å². The molecule has 2 aliphatic rings. The zero-order chi connectivity index (χ0) is 20.0. The lowest BCUT2D eigenvalue weighted by molar-refractivity contribution is -0.131. The molecule has 2 aliphatic heterocycles. The van der Waals surface area contributed by atoms with Gasteiger partial charge < -0.3 is 5.32 Å². The van der Waals surface area contributed by atoms with Crippen LogP contribution in [0.3, 0.4) is 0 Å². The molecule has 8 nitrogen and oxygen atoms in total. The number of imide groups is 1. The highest BCUT2D eigenvalue weighted by Gasteiger charge is 2.45. The number of nitrogens with zero attached hydrogens (tertiary/aromatic N) is 3. The number of nitrogens with one attached hydrogen (secondary N) is 1. The third kappa shape index (κ3) is 3.54. The average Bonchev–Trinajstić information content (AvgIpc) is 2.77. The third-order valence-corrected chi connectivity index (χ3v) is 6.58. The Hall–Kier alpha value is -2.11. The monoisotopic (exact) mass is 402 g/mol. The van der Waals surface area contributed by atoms with Gasteiger partial charge in [-0.1, -0.05) is 6.07 Å². The molecule has 3 amide bonds. The molecule has 0 atom stereocenters. The third-order valence-electron chi connectivity index (χ3n) is 4.63. The second-order valence-electron chi connectivity index (χ2n) is 7.00. The molecule has 3 rings (SSSR count). The van der Waals surface area contributed by atoms with Gasteiger partial charge in [0.2, 0.25) is 10.0 Å². The molecule has 0 saturated carbocycles. The Balaban J connectivity index is 1.67. The number of carbonyl (C=O) groups is 2. The Morgan fingerprint density at radius 1 is 1.07 bits per heavy atom. The van der Waals surface area contributed by atoms with E-state index < -0.39 is 38.1 Å². The molecule has 2 saturated heterocycles. The van der Waals surface area contributed by atoms with Gasteiger partial charge in [-0.15, -0.1) is 0 Å². The van der Waals surface area contributed by atoms with Gasteiger partial charge in [-0.3, -0.25) is 9.69 Å². The van der Waals surface area contributed by atoms with E-state index in [1.165, 1.54) is 0 Å². The summed E-state index contributed by atoms with van der Waals surface area (Å²) >= 11 is 0. The summed E-state index contributed by atoms with van der Waals surface area (Å²) in [6, 6.07) is 2.38. The molecule has 0 aromatic heterocycles. The number of rotatable bonds is 4. The van der Waals surface area contributed by atoms with E-state index in [0.717, 1.165) is 27.4 Å². The molecule has 0 aliphatic carbocycles. The van der Waals surface area contributed by atoms with Crippen LogP contribution in [0.5, 0.6) is 0 Å². The van der Waals surface area contributed by atoms with E-state index in [-0.39, 0.29) is 38.8 Å². The van der Waals surface area contributed by atoms with Crippen molar-refractivity contribution in [3.63, 3.8) is 0 Å². The Labute approximate surface area is 155 Å². The molecule has 1 N–H and O–H groups in total. The number of urea groups is 1. The lowest BCUT2D eigenvalue weighted by Crippen LogP contribution is -2.53. The first-order valence-electron chi connectivity index (χ1n) is 8.34. The summed E-state index contributed by atoms with van der Waals surface area (Å²) in [4.78, 5) is 26.0. The summed E-state index contributed by atoms with van der Waals surface area (Å²) in [6.45, 7) is 3.63. The quantitative estimate of drug-likeness (QED) is 0.744. The zero-order valence-electron chi connectivity index (χ0n) is 14.9. The van der Waals surface area contributed by atoms with Crippen LogP contribution in [0.4, 0.5) is 13.6 Å². The van der Waals surface area contributed by atoms with Crippen molar-refractivity contribution in [3.8, 4) is 0 Å². The van der Waals surface area contributed by atoms with Crippen molar-refractivity contribution in [2.75, 3.05) is 32.8 Å². The number of sulfonamides is 1. The Morgan fingerprint density at radius 2 is 1.63 bits per heavy atom. The van der Waals surface area contributed by atoms with Crippen LogP contribution in [-0.4, -0.2) is 72.8 Å². The van der Waals surface area contributed by atoms with Crippen LogP contribution < -0.4 is 5.32 Å². The summed E-state index contributed by atoms with van der Waals surface area (Å²) < 4.78 is 53.9. The minimum Gasteiger partial charge on any atom is -0.324 e. The first kappa shape index (κ1) is 19.6. The predicted octanol–water partition coefficient (Wildman–Crippen LogP) is 0.559. The molecule has 11 heteroatoms. The normalized spacial score (nSPS) is 21.6. The van der Waals surface area contributed by atoms with Crippen LogP contribution in [0.25, 0.3) is 0 Å². The predicted molar refractivity (Wildman–Crippen MR) is 91.0 cm³/mol. The van der Waals surface area contributed by atoms with Gasteiger partial charge in [0.15, 0.2) is 4.90 Å². The molecule has 2 heterocycles. The van der Waals surface area contributed by atoms with Crippen LogP contribution in [0.2, 0.25) is 0 Å². The zero-order valence-corrected chi connectivity index (χ0v) is 15.7. The van der Waals surface area contributed by atoms with Gasteiger partial charge in [-0.05, 0) is 26.0 Å². The number of benzene rings is 1. The number of amides is 3. The highest BCUT2D eigenvalue weighted by molar-refractivity contribution is 7.89. The van der Waals surface area contributed by atoms with Crippen LogP contribution in [0.1, 0.15) is 13.8 Å². The largest absolute Gasteiger partial charge is 0.326 e. The van der Waals surface area contributed by atoms with Gasteiger partial charge in [0, 0.05) is 26.2 Å². The minimum atomic E-state index is -4.32. The fourth-order valence-electron chi connectivity index (χ4n) is 3.12. The number of carbonyl (C=O) groups excluding carboxylic acids is 2. The van der Waals surface area contributed by atoms with Crippen molar-refractivity contribution in [1.29, 1.82) is 0 Å². The fraction of sp³-hybridized carbons (Fsp3) is 0.500. The number of hydrogen-bond acceptors (Lipinski definition) is 5. The highest BCUT2D eigenvalue weighted by atomic mass is 32.2. The average molecular weight is 402 g/mol.